The number of ether oxygens (including phenoxy) is 2. The Hall–Kier alpha value is -3.23. The Kier molecular flexibility index (Phi) is 7.47. The van der Waals surface area contributed by atoms with Gasteiger partial charge in [0.25, 0.3) is 0 Å². The van der Waals surface area contributed by atoms with E-state index >= 15 is 0 Å². The number of hydrogen-bond acceptors (Lipinski definition) is 7. The van der Waals surface area contributed by atoms with E-state index in [1.54, 1.807) is 7.11 Å². The minimum atomic E-state index is -0.0495. The number of methoxy groups -OCH3 is 1. The van der Waals surface area contributed by atoms with Crippen LogP contribution in [-0.4, -0.2) is 54.4 Å². The van der Waals surface area contributed by atoms with Gasteiger partial charge in [-0.1, -0.05) is 29.4 Å². The smallest absolute Gasteiger partial charge is 0.227 e. The number of aryl methyl sites for hydroxylation is 1. The van der Waals surface area contributed by atoms with Crippen molar-refractivity contribution in [3.63, 3.8) is 0 Å². The van der Waals surface area contributed by atoms with Crippen molar-refractivity contribution in [3.05, 3.63) is 65.5 Å². The second-order valence-electron chi connectivity index (χ2n) is 7.72. The molecule has 0 unspecified atom stereocenters. The van der Waals surface area contributed by atoms with Crippen molar-refractivity contribution in [2.75, 3.05) is 33.4 Å². The zero-order valence-electron chi connectivity index (χ0n) is 18.3. The van der Waals surface area contributed by atoms with Crippen molar-refractivity contribution in [1.82, 2.24) is 20.4 Å². The standard InChI is InChI=1S/C24H28N4O4/c1-30-21-8-6-20(7-9-21)24-26-23(32-27-24)11-10-22(29)25-16-18-2-4-19(5-3-18)17-28-12-14-31-15-13-28/h2-9H,10-17H2,1H3,(H,25,29). The van der Waals surface area contributed by atoms with Crippen molar-refractivity contribution >= 4 is 5.91 Å². The number of hydrogen-bond donors (Lipinski definition) is 1. The van der Waals surface area contributed by atoms with E-state index < -0.39 is 0 Å². The van der Waals surface area contributed by atoms with Crippen molar-refractivity contribution in [2.24, 2.45) is 0 Å². The highest BCUT2D eigenvalue weighted by Gasteiger charge is 2.12. The molecule has 0 aliphatic carbocycles. The van der Waals surface area contributed by atoms with E-state index in [4.69, 9.17) is 14.0 Å². The molecule has 1 aromatic heterocycles. The van der Waals surface area contributed by atoms with Crippen molar-refractivity contribution in [3.8, 4) is 17.1 Å². The summed E-state index contributed by atoms with van der Waals surface area (Å²) in [7, 11) is 1.62. The van der Waals surface area contributed by atoms with Crippen LogP contribution < -0.4 is 10.1 Å². The highest BCUT2D eigenvalue weighted by molar-refractivity contribution is 5.76. The zero-order valence-corrected chi connectivity index (χ0v) is 18.3. The average Bonchev–Trinajstić information content (AvgIpc) is 3.32. The van der Waals surface area contributed by atoms with Crippen LogP contribution in [0.15, 0.2) is 53.1 Å². The van der Waals surface area contributed by atoms with Crippen LogP contribution in [0.2, 0.25) is 0 Å². The molecule has 3 aromatic rings. The number of aromatic nitrogens is 2. The summed E-state index contributed by atoms with van der Waals surface area (Å²) >= 11 is 0. The van der Waals surface area contributed by atoms with Gasteiger partial charge in [-0.25, -0.2) is 0 Å². The molecule has 1 fully saturated rings. The number of carbonyl (C=O) groups excluding carboxylic acids is 1. The Bertz CT molecular complexity index is 996. The van der Waals surface area contributed by atoms with Crippen LogP contribution >= 0.6 is 0 Å². The first kappa shape index (κ1) is 22.0. The Balaban J connectivity index is 1.20. The summed E-state index contributed by atoms with van der Waals surface area (Å²) in [6.45, 7) is 4.97. The number of morpholine rings is 1. The van der Waals surface area contributed by atoms with Gasteiger partial charge in [-0.15, -0.1) is 0 Å². The van der Waals surface area contributed by atoms with Crippen LogP contribution in [0.25, 0.3) is 11.4 Å². The van der Waals surface area contributed by atoms with Crippen LogP contribution in [-0.2, 0) is 29.0 Å². The van der Waals surface area contributed by atoms with E-state index in [9.17, 15) is 4.79 Å². The molecule has 0 spiro atoms. The van der Waals surface area contributed by atoms with Crippen molar-refractivity contribution < 1.29 is 18.8 Å². The zero-order chi connectivity index (χ0) is 22.2. The second kappa shape index (κ2) is 10.9. The Morgan fingerprint density at radius 3 is 2.50 bits per heavy atom. The molecule has 1 amide bonds. The third-order valence-electron chi connectivity index (χ3n) is 5.40. The number of carbonyl (C=O) groups is 1. The largest absolute Gasteiger partial charge is 0.497 e. The molecule has 1 aliphatic heterocycles. The fourth-order valence-electron chi connectivity index (χ4n) is 3.50. The molecular weight excluding hydrogens is 408 g/mol. The van der Waals surface area contributed by atoms with Gasteiger partial charge < -0.3 is 19.3 Å². The summed E-state index contributed by atoms with van der Waals surface area (Å²) in [5.74, 6) is 1.66. The number of nitrogens with zero attached hydrogens (tertiary/aromatic N) is 3. The third-order valence-corrected chi connectivity index (χ3v) is 5.40. The minimum absolute atomic E-state index is 0.0495. The van der Waals surface area contributed by atoms with Gasteiger partial charge >= 0.3 is 0 Å². The monoisotopic (exact) mass is 436 g/mol. The van der Waals surface area contributed by atoms with Gasteiger partial charge in [0.05, 0.1) is 20.3 Å². The normalized spacial score (nSPS) is 14.3. The van der Waals surface area contributed by atoms with Crippen LogP contribution in [0.5, 0.6) is 5.75 Å². The van der Waals surface area contributed by atoms with Gasteiger partial charge in [0, 0.05) is 44.6 Å². The highest BCUT2D eigenvalue weighted by Crippen LogP contribution is 2.20. The molecule has 1 saturated heterocycles. The van der Waals surface area contributed by atoms with Gasteiger partial charge in [0.2, 0.25) is 17.6 Å². The number of benzene rings is 2. The van der Waals surface area contributed by atoms with Gasteiger partial charge in [-0.05, 0) is 35.4 Å². The summed E-state index contributed by atoms with van der Waals surface area (Å²) in [4.78, 5) is 19.0. The predicted molar refractivity (Wildman–Crippen MR) is 119 cm³/mol. The highest BCUT2D eigenvalue weighted by atomic mass is 16.5. The molecule has 168 valence electrons. The molecule has 0 atom stereocenters. The summed E-state index contributed by atoms with van der Waals surface area (Å²) in [6.07, 6.45) is 0.687. The average molecular weight is 437 g/mol. The molecule has 32 heavy (non-hydrogen) atoms. The van der Waals surface area contributed by atoms with Gasteiger partial charge in [0.15, 0.2) is 0 Å². The molecule has 4 rings (SSSR count). The first-order chi connectivity index (χ1) is 15.7. The minimum Gasteiger partial charge on any atom is -0.497 e. The van der Waals surface area contributed by atoms with Crippen molar-refractivity contribution in [1.29, 1.82) is 0 Å². The second-order valence-corrected chi connectivity index (χ2v) is 7.72. The third kappa shape index (κ3) is 6.15. The Morgan fingerprint density at radius 2 is 1.78 bits per heavy atom. The lowest BCUT2D eigenvalue weighted by molar-refractivity contribution is -0.121. The van der Waals surface area contributed by atoms with Crippen LogP contribution in [0, 0.1) is 0 Å². The quantitative estimate of drug-likeness (QED) is 0.552. The maximum Gasteiger partial charge on any atom is 0.227 e. The lowest BCUT2D eigenvalue weighted by atomic mass is 10.1. The Morgan fingerprint density at radius 1 is 1.06 bits per heavy atom. The van der Waals surface area contributed by atoms with Crippen LogP contribution in [0.1, 0.15) is 23.4 Å². The van der Waals surface area contributed by atoms with Crippen LogP contribution in [0.4, 0.5) is 0 Å². The number of rotatable bonds is 9. The molecule has 0 radical (unpaired) electrons. The first-order valence-corrected chi connectivity index (χ1v) is 10.8. The maximum atomic E-state index is 12.2. The van der Waals surface area contributed by atoms with E-state index in [0.29, 0.717) is 31.1 Å². The van der Waals surface area contributed by atoms with Crippen LogP contribution in [0.3, 0.4) is 0 Å². The molecule has 8 nitrogen and oxygen atoms in total. The van der Waals surface area contributed by atoms with Gasteiger partial charge in [-0.3, -0.25) is 9.69 Å². The summed E-state index contributed by atoms with van der Waals surface area (Å²) in [5.41, 5.74) is 3.18. The fraction of sp³-hybridized carbons (Fsp3) is 0.375. The molecule has 0 bridgehead atoms. The molecule has 1 aliphatic rings. The summed E-state index contributed by atoms with van der Waals surface area (Å²) in [5, 5.41) is 6.95. The lowest BCUT2D eigenvalue weighted by Gasteiger charge is -2.26. The maximum absolute atomic E-state index is 12.2. The van der Waals surface area contributed by atoms with E-state index in [1.807, 2.05) is 24.3 Å². The Labute approximate surface area is 187 Å². The molecular formula is C24H28N4O4. The topological polar surface area (TPSA) is 89.7 Å². The molecule has 2 heterocycles. The summed E-state index contributed by atoms with van der Waals surface area (Å²) < 4.78 is 15.8. The molecule has 1 N–H and O–H groups in total. The molecule has 8 heteroatoms. The van der Waals surface area contributed by atoms with Gasteiger partial charge in [0.1, 0.15) is 5.75 Å². The SMILES string of the molecule is COc1ccc(-c2noc(CCC(=O)NCc3ccc(CN4CCOCC4)cc3)n2)cc1. The number of nitrogens with one attached hydrogen (secondary N) is 1. The number of amides is 1. The van der Waals surface area contributed by atoms with E-state index in [-0.39, 0.29) is 5.91 Å². The predicted octanol–water partition coefficient (Wildman–Crippen LogP) is 2.83. The lowest BCUT2D eigenvalue weighted by Crippen LogP contribution is -2.35. The van der Waals surface area contributed by atoms with Gasteiger partial charge in [-0.2, -0.15) is 4.98 Å². The molecule has 0 saturated carbocycles. The fourth-order valence-corrected chi connectivity index (χ4v) is 3.50. The molecule has 2 aromatic carbocycles. The van der Waals surface area contributed by atoms with E-state index in [0.717, 1.165) is 49.7 Å². The first-order valence-electron chi connectivity index (χ1n) is 10.8. The van der Waals surface area contributed by atoms with E-state index in [2.05, 4.69) is 44.6 Å². The van der Waals surface area contributed by atoms with E-state index in [1.165, 1.54) is 5.56 Å². The summed E-state index contributed by atoms with van der Waals surface area (Å²) in [6, 6.07) is 15.8. The van der Waals surface area contributed by atoms with Crippen molar-refractivity contribution in [2.45, 2.75) is 25.9 Å².